The van der Waals surface area contributed by atoms with Crippen molar-refractivity contribution in [3.05, 3.63) is 102 Å². The first-order valence-corrected chi connectivity index (χ1v) is 11.6. The Bertz CT molecular complexity index is 1300. The molecule has 34 heavy (non-hydrogen) atoms. The van der Waals surface area contributed by atoms with Gasteiger partial charge >= 0.3 is 0 Å². The number of imidazole rings is 1. The van der Waals surface area contributed by atoms with E-state index in [-0.39, 0.29) is 17.6 Å². The van der Waals surface area contributed by atoms with E-state index in [1.807, 2.05) is 83.2 Å². The minimum absolute atomic E-state index is 0.00659. The average molecular weight is 454 g/mol. The number of amides is 1. The van der Waals surface area contributed by atoms with Crippen LogP contribution in [0.25, 0.3) is 5.65 Å². The van der Waals surface area contributed by atoms with Crippen molar-refractivity contribution in [2.75, 3.05) is 13.1 Å². The normalized spacial score (nSPS) is 14.3. The van der Waals surface area contributed by atoms with Gasteiger partial charge in [0, 0.05) is 42.5 Å². The van der Waals surface area contributed by atoms with Gasteiger partial charge in [0.2, 0.25) is 0 Å². The summed E-state index contributed by atoms with van der Waals surface area (Å²) in [5, 5.41) is 0. The molecule has 172 valence electrons. The van der Waals surface area contributed by atoms with Crippen LogP contribution in [0.5, 0.6) is 5.75 Å². The predicted octanol–water partition coefficient (Wildman–Crippen LogP) is 4.96. The molecule has 2 aromatic heterocycles. The quantitative estimate of drug-likeness (QED) is 0.387. The smallest absolute Gasteiger partial charge is 0.253 e. The fourth-order valence-corrected chi connectivity index (χ4v) is 4.44. The molecule has 1 aliphatic rings. The Morgan fingerprint density at radius 3 is 2.38 bits per heavy atom. The fourth-order valence-electron chi connectivity index (χ4n) is 4.44. The van der Waals surface area contributed by atoms with Crippen LogP contribution in [0.1, 0.15) is 44.8 Å². The van der Waals surface area contributed by atoms with Crippen LogP contribution in [0, 0.1) is 12.8 Å². The Morgan fingerprint density at radius 1 is 0.912 bits per heavy atom. The van der Waals surface area contributed by atoms with Crippen molar-refractivity contribution >= 4 is 17.3 Å². The molecule has 2 aromatic carbocycles. The van der Waals surface area contributed by atoms with Gasteiger partial charge in [-0.1, -0.05) is 36.4 Å². The largest absolute Gasteiger partial charge is 0.487 e. The third-order valence-electron chi connectivity index (χ3n) is 6.35. The molecule has 3 heterocycles. The Balaban J connectivity index is 1.15. The lowest BCUT2D eigenvalue weighted by atomic mass is 9.88. The van der Waals surface area contributed by atoms with Crippen LogP contribution in [-0.2, 0) is 6.61 Å². The molecule has 1 aliphatic heterocycles. The second kappa shape index (κ2) is 9.51. The zero-order valence-corrected chi connectivity index (χ0v) is 19.2. The number of Topliss-reactive ketones (excluding diaryl/α,β-unsaturated/α-hetero) is 1. The maximum Gasteiger partial charge on any atom is 0.253 e. The number of piperidine rings is 1. The molecule has 1 saturated heterocycles. The third-order valence-corrected chi connectivity index (χ3v) is 6.35. The Hall–Kier alpha value is -3.93. The van der Waals surface area contributed by atoms with Gasteiger partial charge in [-0.15, -0.1) is 0 Å². The first-order valence-electron chi connectivity index (χ1n) is 11.6. The van der Waals surface area contributed by atoms with Crippen molar-refractivity contribution in [2.24, 2.45) is 5.92 Å². The van der Waals surface area contributed by atoms with Crippen molar-refractivity contribution in [1.82, 2.24) is 14.3 Å². The fraction of sp³-hybridized carbons (Fsp3) is 0.250. The Labute approximate surface area is 198 Å². The molecule has 6 heteroatoms. The highest BCUT2D eigenvalue weighted by atomic mass is 16.5. The lowest BCUT2D eigenvalue weighted by molar-refractivity contribution is 0.0650. The molecule has 0 saturated carbocycles. The summed E-state index contributed by atoms with van der Waals surface area (Å²) in [6.45, 7) is 3.59. The number of ether oxygens (including phenoxy) is 1. The van der Waals surface area contributed by atoms with Gasteiger partial charge in [-0.3, -0.25) is 9.59 Å². The molecule has 1 amide bonds. The SMILES string of the molecule is Cc1ccc2nc(COc3ccc(C(=O)N4CCC(C(=O)c5ccccc5)CC4)cc3)cn2c1. The lowest BCUT2D eigenvalue weighted by Gasteiger charge is -2.31. The van der Waals surface area contributed by atoms with Gasteiger partial charge in [0.15, 0.2) is 5.78 Å². The number of hydrogen-bond donors (Lipinski definition) is 0. The minimum atomic E-state index is -0.0225. The summed E-state index contributed by atoms with van der Waals surface area (Å²) < 4.78 is 7.87. The molecule has 6 nitrogen and oxygen atoms in total. The minimum Gasteiger partial charge on any atom is -0.487 e. The number of aryl methyl sites for hydroxylation is 1. The second-order valence-corrected chi connectivity index (χ2v) is 8.81. The van der Waals surface area contributed by atoms with Crippen LogP contribution >= 0.6 is 0 Å². The second-order valence-electron chi connectivity index (χ2n) is 8.81. The lowest BCUT2D eigenvalue weighted by Crippen LogP contribution is -2.40. The van der Waals surface area contributed by atoms with Crippen molar-refractivity contribution in [1.29, 1.82) is 0 Å². The molecule has 4 aromatic rings. The van der Waals surface area contributed by atoms with E-state index in [2.05, 4.69) is 4.98 Å². The number of fused-ring (bicyclic) bond motifs is 1. The van der Waals surface area contributed by atoms with Crippen LogP contribution in [-0.4, -0.2) is 39.1 Å². The number of likely N-dealkylation sites (tertiary alicyclic amines) is 1. The number of rotatable bonds is 6. The van der Waals surface area contributed by atoms with Crippen LogP contribution in [0.15, 0.2) is 79.1 Å². The summed E-state index contributed by atoms with van der Waals surface area (Å²) in [7, 11) is 0. The van der Waals surface area contributed by atoms with E-state index >= 15 is 0 Å². The van der Waals surface area contributed by atoms with Crippen LogP contribution < -0.4 is 4.74 Å². The van der Waals surface area contributed by atoms with Crippen LogP contribution in [0.2, 0.25) is 0 Å². The third kappa shape index (κ3) is 4.71. The molecule has 0 radical (unpaired) electrons. The number of benzene rings is 2. The first-order chi connectivity index (χ1) is 16.6. The summed E-state index contributed by atoms with van der Waals surface area (Å²) >= 11 is 0. The van der Waals surface area contributed by atoms with E-state index < -0.39 is 0 Å². The summed E-state index contributed by atoms with van der Waals surface area (Å²) in [4.78, 5) is 32.0. The van der Waals surface area contributed by atoms with E-state index in [4.69, 9.17) is 4.74 Å². The van der Waals surface area contributed by atoms with Crippen LogP contribution in [0.4, 0.5) is 0 Å². The summed E-state index contributed by atoms with van der Waals surface area (Å²) in [5.74, 6) is 0.838. The summed E-state index contributed by atoms with van der Waals surface area (Å²) in [5.41, 5.74) is 4.28. The molecule has 0 unspecified atom stereocenters. The summed E-state index contributed by atoms with van der Waals surface area (Å²) in [6.07, 6.45) is 5.39. The molecule has 5 rings (SSSR count). The van der Waals surface area contributed by atoms with Gasteiger partial charge in [0.25, 0.3) is 5.91 Å². The van der Waals surface area contributed by atoms with E-state index in [1.165, 1.54) is 5.56 Å². The zero-order chi connectivity index (χ0) is 23.5. The number of ketones is 1. The number of aromatic nitrogens is 2. The highest BCUT2D eigenvalue weighted by molar-refractivity contribution is 5.98. The molecule has 0 N–H and O–H groups in total. The summed E-state index contributed by atoms with van der Waals surface area (Å²) in [6, 6.07) is 20.7. The number of carbonyl (C=O) groups is 2. The molecule has 0 bridgehead atoms. The monoisotopic (exact) mass is 453 g/mol. The van der Waals surface area contributed by atoms with Crippen molar-refractivity contribution in [3.63, 3.8) is 0 Å². The van der Waals surface area contributed by atoms with Gasteiger partial charge < -0.3 is 14.0 Å². The predicted molar refractivity (Wildman–Crippen MR) is 130 cm³/mol. The van der Waals surface area contributed by atoms with Gasteiger partial charge in [0.1, 0.15) is 18.0 Å². The van der Waals surface area contributed by atoms with Gasteiger partial charge in [-0.2, -0.15) is 0 Å². The van der Waals surface area contributed by atoms with E-state index in [0.29, 0.717) is 43.9 Å². The Kier molecular flexibility index (Phi) is 6.12. The van der Waals surface area contributed by atoms with Crippen LogP contribution in [0.3, 0.4) is 0 Å². The standard InChI is InChI=1S/C28H27N3O3/c1-20-7-12-26-29-24(18-31(26)17-20)19-34-25-10-8-23(9-11-25)28(33)30-15-13-22(14-16-30)27(32)21-5-3-2-4-6-21/h2-12,17-18,22H,13-16,19H2,1H3. The van der Waals surface area contributed by atoms with E-state index in [0.717, 1.165) is 16.9 Å². The topological polar surface area (TPSA) is 63.9 Å². The number of hydrogen-bond acceptors (Lipinski definition) is 4. The zero-order valence-electron chi connectivity index (χ0n) is 19.2. The van der Waals surface area contributed by atoms with Crippen molar-refractivity contribution in [2.45, 2.75) is 26.4 Å². The molecule has 0 spiro atoms. The maximum absolute atomic E-state index is 13.0. The average Bonchev–Trinajstić information content (AvgIpc) is 3.29. The first kappa shape index (κ1) is 21.9. The van der Waals surface area contributed by atoms with E-state index in [1.54, 1.807) is 12.1 Å². The Morgan fingerprint density at radius 2 is 1.65 bits per heavy atom. The molecule has 0 aliphatic carbocycles. The number of pyridine rings is 1. The van der Waals surface area contributed by atoms with Gasteiger partial charge in [-0.05, 0) is 55.7 Å². The van der Waals surface area contributed by atoms with E-state index in [9.17, 15) is 9.59 Å². The van der Waals surface area contributed by atoms with Gasteiger partial charge in [0.05, 0.1) is 5.69 Å². The maximum atomic E-state index is 13.0. The number of carbonyl (C=O) groups excluding carboxylic acids is 2. The highest BCUT2D eigenvalue weighted by Gasteiger charge is 2.28. The molecule has 0 atom stereocenters. The van der Waals surface area contributed by atoms with Crippen molar-refractivity contribution in [3.8, 4) is 5.75 Å². The van der Waals surface area contributed by atoms with Gasteiger partial charge in [-0.25, -0.2) is 4.98 Å². The molecular weight excluding hydrogens is 426 g/mol. The van der Waals surface area contributed by atoms with Crippen molar-refractivity contribution < 1.29 is 14.3 Å². The molecular formula is C28H27N3O3. The number of nitrogens with zero attached hydrogens (tertiary/aromatic N) is 3. The molecule has 1 fully saturated rings. The highest BCUT2D eigenvalue weighted by Crippen LogP contribution is 2.24.